The van der Waals surface area contributed by atoms with Crippen molar-refractivity contribution in [1.29, 1.82) is 0 Å². The second-order valence-corrected chi connectivity index (χ2v) is 28.8. The highest BCUT2D eigenvalue weighted by Crippen LogP contribution is 2.39. The fourth-order valence-electron chi connectivity index (χ4n) is 10.1. The number of amides is 3. The van der Waals surface area contributed by atoms with Gasteiger partial charge in [-0.2, -0.15) is 8.42 Å². The highest BCUT2D eigenvalue weighted by Gasteiger charge is 2.48. The molecule has 0 bridgehead atoms. The van der Waals surface area contributed by atoms with Crippen LogP contribution in [0.1, 0.15) is 97.6 Å². The molecule has 5 aromatic carbocycles. The standard InChI is InChI=1S/C26H35NO13S.C24H31NO11S.C17H25NO10S/c1-6-16-18(35-4)10-15(11-19(16)36-5)39-41(33,34)40-20-9-14(25(32)27-13(2)3)7-8-17(20)37-26-24(31)23(30)22(29)21(12-28)38-26;1-4-14-5-8-16(9-6-14)35-37(31,32)36-18-11-15(23(30)25-13(2)3)7-10-17(18)33-24-22(29)21(28)20(27)19(12-26)34-24;1-8(2)18-16(23)9-4-5-10(11(6-9)28-29(3,24)25)26-17-15(22)14(21)13(20)12(7-19)27-17/h7-11,13,21-24,26,28-31H,6,12H2,1-5H3,(H,27,32);5-11,13,19-22,24,26-29H,4,12H2,1-3H3,(H,25,30);4-6,8,12-15,17,19-22H,7H2,1-3H3,(H,18,23)/t21-,22+,23+,24-,26?;19-,20+,21+,22-,24-;12-,13+,14+,15-,17-/m111/s1. The largest absolute Gasteiger partial charge is 0.501 e. The average molecular weight is 1580 g/mol. The zero-order valence-electron chi connectivity index (χ0n) is 59.7. The minimum atomic E-state index is -4.89. The fraction of sp³-hybridized carbons (Fsp3) is 0.507. The Balaban J connectivity index is 0.000000255. The summed E-state index contributed by atoms with van der Waals surface area (Å²) in [6, 6.07) is 19.2. The lowest BCUT2D eigenvalue weighted by Crippen LogP contribution is -2.60. The molecule has 8 rings (SSSR count). The van der Waals surface area contributed by atoms with Crippen molar-refractivity contribution in [2.75, 3.05) is 40.3 Å². The van der Waals surface area contributed by atoms with E-state index < -0.39 is 172 Å². The highest BCUT2D eigenvalue weighted by molar-refractivity contribution is 7.86. The van der Waals surface area contributed by atoms with Crippen molar-refractivity contribution >= 4 is 48.6 Å². The Morgan fingerprint density at radius 3 is 0.972 bits per heavy atom. The number of rotatable bonds is 29. The highest BCUT2D eigenvalue weighted by atomic mass is 32.3. The summed E-state index contributed by atoms with van der Waals surface area (Å²) < 4.78 is 143. The molecular weight excluding hydrogens is 1490 g/mol. The molecule has 1 unspecified atom stereocenters. The van der Waals surface area contributed by atoms with Gasteiger partial charge in [-0.05, 0) is 127 Å². The van der Waals surface area contributed by atoms with E-state index in [4.69, 9.17) is 58.8 Å². The van der Waals surface area contributed by atoms with Crippen molar-refractivity contribution in [3.8, 4) is 57.5 Å². The number of benzene rings is 5. The van der Waals surface area contributed by atoms with E-state index in [9.17, 15) is 101 Å². The normalized spacial score (nSPS) is 24.4. The zero-order chi connectivity index (χ0) is 79.7. The molecule has 596 valence electrons. The molecule has 5 aromatic rings. The maximum absolute atomic E-state index is 13.0. The van der Waals surface area contributed by atoms with E-state index >= 15 is 0 Å². The molecule has 0 spiro atoms. The molecule has 3 amide bonds. The van der Waals surface area contributed by atoms with Gasteiger partial charge in [0, 0.05) is 52.5 Å². The van der Waals surface area contributed by atoms with E-state index in [-0.39, 0.29) is 69.3 Å². The van der Waals surface area contributed by atoms with Crippen molar-refractivity contribution in [2.24, 2.45) is 0 Å². The van der Waals surface area contributed by atoms with Gasteiger partial charge in [-0.1, -0.05) is 26.0 Å². The number of aryl methyl sites for hydroxylation is 1. The van der Waals surface area contributed by atoms with Crippen LogP contribution in [0, 0.1) is 0 Å². The lowest BCUT2D eigenvalue weighted by atomic mass is 9.99. The summed E-state index contributed by atoms with van der Waals surface area (Å²) in [4.78, 5) is 37.3. The molecule has 0 aliphatic carbocycles. The van der Waals surface area contributed by atoms with Gasteiger partial charge in [-0.25, -0.2) is 0 Å². The third-order valence-electron chi connectivity index (χ3n) is 15.4. The number of carbonyl (C=O) groups is 3. The average Bonchev–Trinajstić information content (AvgIpc) is 0.800. The van der Waals surface area contributed by atoms with Gasteiger partial charge < -0.3 is 136 Å². The molecule has 3 heterocycles. The summed E-state index contributed by atoms with van der Waals surface area (Å²) in [6.45, 7) is 12.2. The summed E-state index contributed by atoms with van der Waals surface area (Å²) in [5.41, 5.74) is 1.77. The van der Waals surface area contributed by atoms with Gasteiger partial charge in [0.2, 0.25) is 18.9 Å². The number of ether oxygens (including phenoxy) is 8. The minimum absolute atomic E-state index is 0.000639. The molecule has 37 nitrogen and oxygen atoms in total. The van der Waals surface area contributed by atoms with E-state index in [1.165, 1.54) is 74.9 Å². The Kier molecular flexibility index (Phi) is 31.7. The molecule has 107 heavy (non-hydrogen) atoms. The molecule has 0 aromatic heterocycles. The molecule has 0 saturated carbocycles. The molecule has 15 atom stereocenters. The van der Waals surface area contributed by atoms with Gasteiger partial charge in [-0.15, -0.1) is 16.8 Å². The third-order valence-corrected chi connectivity index (χ3v) is 17.5. The van der Waals surface area contributed by atoms with Crippen LogP contribution in [-0.2, 0) is 58.0 Å². The Labute approximate surface area is 616 Å². The van der Waals surface area contributed by atoms with Gasteiger partial charge in [0.1, 0.15) is 90.5 Å². The second-order valence-electron chi connectivity index (χ2n) is 24.9. The predicted octanol–water partition coefficient (Wildman–Crippen LogP) is -1.10. The molecule has 3 aliphatic heterocycles. The van der Waals surface area contributed by atoms with E-state index in [0.29, 0.717) is 23.5 Å². The number of hydrogen-bond donors (Lipinski definition) is 15. The van der Waals surface area contributed by atoms with Crippen LogP contribution < -0.4 is 60.6 Å². The van der Waals surface area contributed by atoms with Gasteiger partial charge in [0.15, 0.2) is 40.2 Å². The second kappa shape index (κ2) is 38.7. The molecule has 15 N–H and O–H groups in total. The van der Waals surface area contributed by atoms with Crippen molar-refractivity contribution in [3.05, 3.63) is 119 Å². The molecule has 3 fully saturated rings. The lowest BCUT2D eigenvalue weighted by Gasteiger charge is -2.39. The molecule has 3 saturated heterocycles. The Morgan fingerprint density at radius 2 is 0.701 bits per heavy atom. The fourth-order valence-corrected chi connectivity index (χ4v) is 12.0. The first-order valence-electron chi connectivity index (χ1n) is 33.0. The van der Waals surface area contributed by atoms with Crippen LogP contribution in [0.5, 0.6) is 57.5 Å². The number of methoxy groups -OCH3 is 2. The first kappa shape index (κ1) is 87.7. The van der Waals surface area contributed by atoms with E-state index in [0.717, 1.165) is 36.4 Å². The summed E-state index contributed by atoms with van der Waals surface area (Å²) in [5.74, 6) is -3.30. The van der Waals surface area contributed by atoms with Crippen molar-refractivity contribution < 1.29 is 160 Å². The van der Waals surface area contributed by atoms with Gasteiger partial charge >= 0.3 is 30.9 Å². The van der Waals surface area contributed by atoms with Crippen LogP contribution in [0.4, 0.5) is 0 Å². The van der Waals surface area contributed by atoms with Crippen LogP contribution in [0.2, 0.25) is 0 Å². The van der Waals surface area contributed by atoms with Gasteiger partial charge in [0.05, 0.1) is 40.3 Å². The first-order valence-corrected chi connectivity index (χ1v) is 37.5. The SMILES string of the molecule is CC(C)NC(=O)c1ccc(O[C@@H]2O[C@H](CO)[C@H](O)[C@H](O)[C@H]2O)c(OS(C)(=O)=O)c1.CCc1c(OC)cc(OS(=O)(=O)Oc2cc(C(=O)NC(C)C)ccc2OC2O[C@H](CO)[C@H](O)[C@H](O)[C@H]2O)cc1OC.CCc1ccc(OS(=O)(=O)Oc2cc(C(=O)NC(C)C)ccc2O[C@@H]2O[C@H](CO)[C@H](O)[C@H](O)[C@H]2O)cc1. The number of aliphatic hydroxyl groups is 12. The number of aliphatic hydroxyl groups excluding tert-OH is 12. The van der Waals surface area contributed by atoms with E-state index in [2.05, 4.69) is 16.0 Å². The van der Waals surface area contributed by atoms with E-state index in [1.54, 1.807) is 53.7 Å². The van der Waals surface area contributed by atoms with Crippen LogP contribution in [-0.4, -0.2) is 255 Å². The number of carbonyl (C=O) groups excluding carboxylic acids is 3. The first-order chi connectivity index (χ1) is 50.2. The van der Waals surface area contributed by atoms with Gasteiger partial charge in [-0.3, -0.25) is 14.4 Å². The summed E-state index contributed by atoms with van der Waals surface area (Å²) >= 11 is 0. The molecule has 0 radical (unpaired) electrons. The quantitative estimate of drug-likeness (QED) is 0.0253. The Morgan fingerprint density at radius 1 is 0.393 bits per heavy atom. The smallest absolute Gasteiger partial charge is 0.496 e. The number of nitrogens with one attached hydrogen (secondary N) is 3. The monoisotopic (exact) mass is 1580 g/mol. The lowest BCUT2D eigenvalue weighted by molar-refractivity contribution is -0.277. The third kappa shape index (κ3) is 24.4. The molecule has 3 aliphatic rings. The number of hydrogen-bond acceptors (Lipinski definition) is 34. The van der Waals surface area contributed by atoms with Crippen molar-refractivity contribution in [2.45, 2.75) is 178 Å². The molecular formula is C67H91N3O34S3. The zero-order valence-corrected chi connectivity index (χ0v) is 62.1. The minimum Gasteiger partial charge on any atom is -0.496 e. The van der Waals surface area contributed by atoms with Gasteiger partial charge in [0.25, 0.3) is 17.7 Å². The summed E-state index contributed by atoms with van der Waals surface area (Å²) in [5, 5.41) is 127. The van der Waals surface area contributed by atoms with Crippen LogP contribution in [0.3, 0.4) is 0 Å². The van der Waals surface area contributed by atoms with Crippen molar-refractivity contribution in [1.82, 2.24) is 16.0 Å². The van der Waals surface area contributed by atoms with Crippen LogP contribution >= 0.6 is 0 Å². The predicted molar refractivity (Wildman–Crippen MR) is 371 cm³/mol. The van der Waals surface area contributed by atoms with E-state index in [1.807, 2.05) is 13.8 Å². The summed E-state index contributed by atoms with van der Waals surface area (Å²) in [6.07, 6.45) is -21.8. The molecule has 40 heteroatoms. The Hall–Kier alpha value is -8.24. The van der Waals surface area contributed by atoms with Crippen LogP contribution in [0.25, 0.3) is 0 Å². The topological polar surface area (TPSA) is 552 Å². The maximum atomic E-state index is 13.0. The Bertz CT molecular complexity index is 4100. The maximum Gasteiger partial charge on any atom is 0.501 e. The summed E-state index contributed by atoms with van der Waals surface area (Å²) in [7, 11) is -10.8. The van der Waals surface area contributed by atoms with Crippen LogP contribution in [0.15, 0.2) is 91.0 Å². The van der Waals surface area contributed by atoms with Crippen molar-refractivity contribution in [3.63, 3.8) is 0 Å².